The fraction of sp³-hybridized carbons (Fsp3) is 0.304. The van der Waals surface area contributed by atoms with Gasteiger partial charge in [-0.1, -0.05) is 5.16 Å². The third kappa shape index (κ3) is 4.79. The maximum absolute atomic E-state index is 10.9. The van der Waals surface area contributed by atoms with E-state index in [9.17, 15) is 4.79 Å². The highest BCUT2D eigenvalue weighted by molar-refractivity contribution is 6.07. The first-order valence-electron chi connectivity index (χ1n) is 10.5. The number of ether oxygens (including phenoxy) is 3. The average Bonchev–Trinajstić information content (AvgIpc) is 3.51. The Kier molecular flexibility index (Phi) is 6.93. The number of nitrogens with zero attached hydrogens (tertiary/aromatic N) is 5. The fourth-order valence-electron chi connectivity index (χ4n) is 3.63. The normalized spacial score (nSPS) is 19.8. The zero-order valence-corrected chi connectivity index (χ0v) is 19.0. The fourth-order valence-corrected chi connectivity index (χ4v) is 3.63. The van der Waals surface area contributed by atoms with Crippen LogP contribution in [0.2, 0.25) is 0 Å². The Hall–Kier alpha value is -4.12. The molecule has 3 aromatic rings. The molecule has 34 heavy (non-hydrogen) atoms. The van der Waals surface area contributed by atoms with Crippen molar-refractivity contribution in [3.8, 4) is 17.4 Å². The number of nitrogens with two attached hydrogens (primary N) is 1. The molecule has 0 bridgehead atoms. The van der Waals surface area contributed by atoms with Gasteiger partial charge in [-0.05, 0) is 31.5 Å². The van der Waals surface area contributed by atoms with Crippen LogP contribution in [-0.2, 0) is 4.84 Å². The molecule has 6 rings (SSSR count). The summed E-state index contributed by atoms with van der Waals surface area (Å²) in [7, 11) is 1.53. The molecule has 0 amide bonds. The molecule has 176 valence electrons. The Balaban J connectivity index is 0.000000122. The van der Waals surface area contributed by atoms with Crippen LogP contribution in [0.5, 0.6) is 17.4 Å². The molecule has 6 heterocycles. The van der Waals surface area contributed by atoms with Crippen molar-refractivity contribution in [3.63, 3.8) is 0 Å². The van der Waals surface area contributed by atoms with Crippen molar-refractivity contribution in [1.82, 2.24) is 20.2 Å². The van der Waals surface area contributed by atoms with Gasteiger partial charge >= 0.3 is 0 Å². The molecular formula is C23H24N6O5. The van der Waals surface area contributed by atoms with E-state index in [1.54, 1.807) is 24.7 Å². The van der Waals surface area contributed by atoms with E-state index >= 15 is 0 Å². The van der Waals surface area contributed by atoms with Crippen molar-refractivity contribution in [1.29, 1.82) is 0 Å². The van der Waals surface area contributed by atoms with Gasteiger partial charge in [-0.25, -0.2) is 0 Å². The van der Waals surface area contributed by atoms with Gasteiger partial charge in [0.05, 0.1) is 30.2 Å². The van der Waals surface area contributed by atoms with Gasteiger partial charge in [0.2, 0.25) is 11.7 Å². The summed E-state index contributed by atoms with van der Waals surface area (Å²) in [6.45, 7) is 4.62. The van der Waals surface area contributed by atoms with Crippen molar-refractivity contribution >= 4 is 11.5 Å². The van der Waals surface area contributed by atoms with Gasteiger partial charge in [0.1, 0.15) is 37.0 Å². The van der Waals surface area contributed by atoms with E-state index < -0.39 is 0 Å². The van der Waals surface area contributed by atoms with Gasteiger partial charge in [0.15, 0.2) is 6.61 Å². The summed E-state index contributed by atoms with van der Waals surface area (Å²) in [5, 5.41) is 11.1. The standard InChI is InChI=1S/C9H10N2O2.C8H10N2O.C6H4N2O2/c1-6-9(11-12-2)7-3-4-10-5-8(7)13-6;1-5-2-10-3-7-8(5)6(9)4-11-7;9-5-3-10-6-4(5)1-2-7-8-6/h3-6H,1-2H3;2-3,6H,4,9H2,1H3;1-2H,3H2. The highest BCUT2D eigenvalue weighted by Gasteiger charge is 2.27. The van der Waals surface area contributed by atoms with E-state index in [-0.39, 0.29) is 24.5 Å². The van der Waals surface area contributed by atoms with Crippen LogP contribution in [-0.4, -0.2) is 58.1 Å². The molecule has 0 saturated heterocycles. The average molecular weight is 464 g/mol. The zero-order chi connectivity index (χ0) is 24.1. The molecule has 0 spiro atoms. The number of Topliss-reactive ketones (excluding diaryl/α,β-unsaturated/α-hetero) is 1. The quantitative estimate of drug-likeness (QED) is 0.531. The topological polar surface area (TPSA) is 144 Å². The number of oxime groups is 1. The first-order valence-corrected chi connectivity index (χ1v) is 10.5. The molecule has 11 heteroatoms. The lowest BCUT2D eigenvalue weighted by Gasteiger charge is -2.02. The largest absolute Gasteiger partial charge is 0.490 e. The summed E-state index contributed by atoms with van der Waals surface area (Å²) >= 11 is 0. The minimum absolute atomic E-state index is 0.0232. The Morgan fingerprint density at radius 2 is 1.88 bits per heavy atom. The van der Waals surface area contributed by atoms with Crippen molar-refractivity contribution < 1.29 is 23.8 Å². The Morgan fingerprint density at radius 1 is 1.09 bits per heavy atom. The molecule has 2 unspecified atom stereocenters. The van der Waals surface area contributed by atoms with E-state index in [1.165, 1.54) is 13.3 Å². The molecule has 2 atom stereocenters. The van der Waals surface area contributed by atoms with E-state index in [0.717, 1.165) is 33.9 Å². The minimum atomic E-state index is -0.0563. The number of carbonyl (C=O) groups excluding carboxylic acids is 1. The second-order valence-electron chi connectivity index (χ2n) is 7.54. The first-order chi connectivity index (χ1) is 16.5. The number of aromatic nitrogens is 4. The lowest BCUT2D eigenvalue weighted by molar-refractivity contribution is 0.0960. The number of rotatable bonds is 1. The molecule has 3 aliphatic heterocycles. The molecule has 0 aromatic carbocycles. The van der Waals surface area contributed by atoms with Gasteiger partial charge in [-0.15, -0.1) is 5.10 Å². The van der Waals surface area contributed by atoms with Crippen LogP contribution < -0.4 is 19.9 Å². The van der Waals surface area contributed by atoms with E-state index in [1.807, 2.05) is 26.1 Å². The second kappa shape index (κ2) is 10.2. The van der Waals surface area contributed by atoms with Crippen LogP contribution in [0.1, 0.15) is 40.0 Å². The van der Waals surface area contributed by atoms with Crippen LogP contribution in [0.15, 0.2) is 48.3 Å². The number of carbonyl (C=O) groups is 1. The summed E-state index contributed by atoms with van der Waals surface area (Å²) in [5.74, 6) is 1.95. The predicted octanol–water partition coefficient (Wildman–Crippen LogP) is 2.05. The number of pyridine rings is 2. The Morgan fingerprint density at radius 3 is 2.65 bits per heavy atom. The summed E-state index contributed by atoms with van der Waals surface area (Å²) in [6, 6.07) is 3.52. The summed E-state index contributed by atoms with van der Waals surface area (Å²) in [4.78, 5) is 23.6. The lowest BCUT2D eigenvalue weighted by Crippen LogP contribution is -2.16. The van der Waals surface area contributed by atoms with Crippen LogP contribution in [0.4, 0.5) is 0 Å². The van der Waals surface area contributed by atoms with Crippen molar-refractivity contribution in [2.75, 3.05) is 20.3 Å². The molecule has 2 N–H and O–H groups in total. The molecule has 0 radical (unpaired) electrons. The summed E-state index contributed by atoms with van der Waals surface area (Å²) in [5.41, 5.74) is 10.3. The highest BCUT2D eigenvalue weighted by Crippen LogP contribution is 2.32. The molecule has 11 nitrogen and oxygen atoms in total. The van der Waals surface area contributed by atoms with Crippen molar-refractivity contribution in [2.24, 2.45) is 10.9 Å². The van der Waals surface area contributed by atoms with Crippen LogP contribution in [0, 0.1) is 6.92 Å². The lowest BCUT2D eigenvalue weighted by atomic mass is 10.1. The maximum Gasteiger partial charge on any atom is 0.244 e. The summed E-state index contributed by atoms with van der Waals surface area (Å²) in [6.07, 6.45) is 8.35. The van der Waals surface area contributed by atoms with Gasteiger partial charge in [-0.3, -0.25) is 14.8 Å². The van der Waals surface area contributed by atoms with Gasteiger partial charge < -0.3 is 24.8 Å². The number of aryl methyl sites for hydroxylation is 1. The summed E-state index contributed by atoms with van der Waals surface area (Å²) < 4.78 is 15.7. The first kappa shape index (κ1) is 23.1. The molecule has 3 aromatic heterocycles. The monoisotopic (exact) mass is 464 g/mol. The van der Waals surface area contributed by atoms with E-state index in [4.69, 9.17) is 24.8 Å². The van der Waals surface area contributed by atoms with Crippen molar-refractivity contribution in [3.05, 3.63) is 65.4 Å². The maximum atomic E-state index is 10.9. The number of ketones is 1. The number of fused-ring (bicyclic) bond motifs is 3. The van der Waals surface area contributed by atoms with Crippen molar-refractivity contribution in [2.45, 2.75) is 26.0 Å². The SMILES string of the molecule is CON=C1c2ccncc2OC1C.Cc1cncc2c1C(N)CO2.O=C1COc2nnccc21. The molecule has 0 fully saturated rings. The minimum Gasteiger partial charge on any atom is -0.490 e. The predicted molar refractivity (Wildman–Crippen MR) is 121 cm³/mol. The highest BCUT2D eigenvalue weighted by atomic mass is 16.6. The Labute approximate surface area is 195 Å². The smallest absolute Gasteiger partial charge is 0.244 e. The zero-order valence-electron chi connectivity index (χ0n) is 19.0. The van der Waals surface area contributed by atoms with E-state index in [0.29, 0.717) is 18.1 Å². The van der Waals surface area contributed by atoms with Gasteiger partial charge in [-0.2, -0.15) is 5.10 Å². The molecule has 0 aliphatic carbocycles. The van der Waals surface area contributed by atoms with Crippen LogP contribution in [0.3, 0.4) is 0 Å². The molecule has 3 aliphatic rings. The number of hydrogen-bond acceptors (Lipinski definition) is 11. The third-order valence-corrected chi connectivity index (χ3v) is 5.21. The van der Waals surface area contributed by atoms with Crippen LogP contribution in [0.25, 0.3) is 0 Å². The van der Waals surface area contributed by atoms with E-state index in [2.05, 4.69) is 25.3 Å². The molecule has 0 saturated carbocycles. The number of hydrogen-bond donors (Lipinski definition) is 1. The second-order valence-corrected chi connectivity index (χ2v) is 7.54. The molecular weight excluding hydrogens is 440 g/mol. The van der Waals surface area contributed by atoms with Gasteiger partial charge in [0, 0.05) is 23.5 Å². The third-order valence-electron chi connectivity index (χ3n) is 5.21. The Bertz CT molecular complexity index is 1220. The van der Waals surface area contributed by atoms with Gasteiger partial charge in [0.25, 0.3) is 0 Å². The van der Waals surface area contributed by atoms with Crippen LogP contribution >= 0.6 is 0 Å².